The van der Waals surface area contributed by atoms with Gasteiger partial charge in [0.25, 0.3) is 0 Å². The number of sulfone groups is 1. The summed E-state index contributed by atoms with van der Waals surface area (Å²) in [6.07, 6.45) is 5.42. The number of morpholine rings is 1. The fraction of sp³-hybridized carbons (Fsp3) is 0.400. The number of hydrogen-bond acceptors (Lipinski definition) is 9. The van der Waals surface area contributed by atoms with Crippen LogP contribution >= 0.6 is 0 Å². The number of amides is 2. The fourth-order valence-corrected chi connectivity index (χ4v) is 5.71. The predicted octanol–water partition coefficient (Wildman–Crippen LogP) is 3.14. The average molecular weight is 524 g/mol. The van der Waals surface area contributed by atoms with E-state index >= 15 is 0 Å². The molecular weight excluding hydrogens is 494 g/mol. The van der Waals surface area contributed by atoms with E-state index in [1.54, 1.807) is 30.5 Å². The van der Waals surface area contributed by atoms with Crippen molar-refractivity contribution in [1.82, 2.24) is 19.9 Å². The van der Waals surface area contributed by atoms with Crippen LogP contribution in [0.1, 0.15) is 31.2 Å². The van der Waals surface area contributed by atoms with Crippen molar-refractivity contribution in [3.05, 3.63) is 54.1 Å². The van der Waals surface area contributed by atoms with E-state index in [-0.39, 0.29) is 6.04 Å². The fourth-order valence-electron chi connectivity index (χ4n) is 4.38. The van der Waals surface area contributed by atoms with Crippen LogP contribution in [0.15, 0.2) is 42.7 Å². The Kier molecular flexibility index (Phi) is 6.54. The van der Waals surface area contributed by atoms with Crippen molar-refractivity contribution in [2.24, 2.45) is 0 Å². The van der Waals surface area contributed by atoms with E-state index in [0.29, 0.717) is 67.0 Å². The number of ether oxygens (including phenoxy) is 1. The quantitative estimate of drug-likeness (QED) is 0.499. The van der Waals surface area contributed by atoms with Gasteiger partial charge in [-0.25, -0.2) is 28.2 Å². The van der Waals surface area contributed by atoms with Gasteiger partial charge >= 0.3 is 6.03 Å². The molecule has 1 aliphatic heterocycles. The van der Waals surface area contributed by atoms with Gasteiger partial charge in [-0.1, -0.05) is 0 Å². The first-order chi connectivity index (χ1) is 17.6. The Morgan fingerprint density at radius 2 is 1.86 bits per heavy atom. The summed E-state index contributed by atoms with van der Waals surface area (Å²) in [5.41, 5.74) is 2.55. The number of carbonyl (C=O) groups excluding carboxylic acids is 1. The molecule has 12 heteroatoms. The highest BCUT2D eigenvalue weighted by atomic mass is 32.2. The van der Waals surface area contributed by atoms with Crippen LogP contribution in [0.5, 0.6) is 0 Å². The molecule has 1 saturated carbocycles. The molecule has 1 atom stereocenters. The molecule has 2 amide bonds. The Morgan fingerprint density at radius 3 is 2.49 bits per heavy atom. The number of rotatable bonds is 6. The first-order valence-corrected chi connectivity index (χ1v) is 13.9. The van der Waals surface area contributed by atoms with Crippen molar-refractivity contribution in [3.63, 3.8) is 0 Å². The molecule has 0 spiro atoms. The van der Waals surface area contributed by atoms with Crippen LogP contribution in [0.25, 0.3) is 11.4 Å². The lowest BCUT2D eigenvalue weighted by Crippen LogP contribution is -2.44. The summed E-state index contributed by atoms with van der Waals surface area (Å²) in [6.45, 7) is 5.67. The topological polar surface area (TPSA) is 139 Å². The van der Waals surface area contributed by atoms with Crippen molar-refractivity contribution in [2.75, 3.05) is 41.5 Å². The minimum Gasteiger partial charge on any atom is -0.377 e. The van der Waals surface area contributed by atoms with Crippen LogP contribution in [-0.4, -0.2) is 66.4 Å². The summed E-state index contributed by atoms with van der Waals surface area (Å²) >= 11 is 0. The summed E-state index contributed by atoms with van der Waals surface area (Å²) in [5, 5.41) is 5.39. The molecule has 1 aromatic carbocycles. The Hall–Kier alpha value is -3.64. The highest BCUT2D eigenvalue weighted by Gasteiger charge is 2.55. The first kappa shape index (κ1) is 25.0. The van der Waals surface area contributed by atoms with Gasteiger partial charge in [0.2, 0.25) is 0 Å². The number of aromatic nitrogens is 4. The molecular formula is C25H29N7O4S. The zero-order valence-corrected chi connectivity index (χ0v) is 21.7. The van der Waals surface area contributed by atoms with Crippen LogP contribution < -0.4 is 15.5 Å². The van der Waals surface area contributed by atoms with Gasteiger partial charge in [0.15, 0.2) is 21.5 Å². The van der Waals surface area contributed by atoms with E-state index in [9.17, 15) is 13.2 Å². The predicted molar refractivity (Wildman–Crippen MR) is 140 cm³/mol. The normalized spacial score (nSPS) is 18.8. The Balaban J connectivity index is 1.41. The molecule has 0 bridgehead atoms. The SMILES string of the molecule is Cc1cnc(NC(=O)Nc2ccc(-c3nc(N4CCOC[C@@H]4C)cc(C4(S(C)(=O)=O)CC4)n3)cc2)cn1. The molecule has 0 unspecified atom stereocenters. The van der Waals surface area contributed by atoms with Gasteiger partial charge in [-0.05, 0) is 51.0 Å². The van der Waals surface area contributed by atoms with E-state index in [2.05, 4.69) is 32.4 Å². The summed E-state index contributed by atoms with van der Waals surface area (Å²) < 4.78 is 29.9. The monoisotopic (exact) mass is 523 g/mol. The van der Waals surface area contributed by atoms with E-state index in [0.717, 1.165) is 5.69 Å². The van der Waals surface area contributed by atoms with Crippen molar-refractivity contribution in [2.45, 2.75) is 37.5 Å². The number of hydrogen-bond donors (Lipinski definition) is 2. The van der Waals surface area contributed by atoms with Crippen molar-refractivity contribution in [3.8, 4) is 11.4 Å². The zero-order chi connectivity index (χ0) is 26.2. The lowest BCUT2D eigenvalue weighted by Gasteiger charge is -2.34. The van der Waals surface area contributed by atoms with Crippen molar-refractivity contribution in [1.29, 1.82) is 0 Å². The highest BCUT2D eigenvalue weighted by molar-refractivity contribution is 7.91. The standard InChI is InChI=1S/C25H29N7O4S/c1-16-13-27-21(14-26-16)30-24(33)28-19-6-4-18(5-7-19)23-29-20(25(8-9-25)37(3,34)35)12-22(31-23)32-10-11-36-15-17(32)2/h4-7,12-14,17H,8-11,15H2,1-3H3,(H2,27,28,30,33)/t17-/m0/s1. The van der Waals surface area contributed by atoms with E-state index in [4.69, 9.17) is 14.7 Å². The molecule has 2 fully saturated rings. The molecule has 11 nitrogen and oxygen atoms in total. The summed E-state index contributed by atoms with van der Waals surface area (Å²) in [7, 11) is -3.35. The number of nitrogens with one attached hydrogen (secondary N) is 2. The molecule has 37 heavy (non-hydrogen) atoms. The maximum atomic E-state index is 12.7. The van der Waals surface area contributed by atoms with Crippen LogP contribution in [0.3, 0.4) is 0 Å². The molecule has 3 aromatic rings. The van der Waals surface area contributed by atoms with Gasteiger partial charge in [-0.15, -0.1) is 0 Å². The number of urea groups is 1. The second-order valence-corrected chi connectivity index (χ2v) is 11.8. The minimum absolute atomic E-state index is 0.0982. The molecule has 194 valence electrons. The Morgan fingerprint density at radius 1 is 1.11 bits per heavy atom. The molecule has 5 rings (SSSR count). The van der Waals surface area contributed by atoms with Gasteiger partial charge in [0.1, 0.15) is 10.6 Å². The van der Waals surface area contributed by atoms with Gasteiger partial charge in [-0.3, -0.25) is 10.3 Å². The van der Waals surface area contributed by atoms with Gasteiger partial charge < -0.3 is 15.0 Å². The second-order valence-electron chi connectivity index (χ2n) is 9.52. The maximum Gasteiger partial charge on any atom is 0.324 e. The third kappa shape index (κ3) is 5.25. The Labute approximate surface area is 215 Å². The lowest BCUT2D eigenvalue weighted by atomic mass is 10.1. The van der Waals surface area contributed by atoms with Gasteiger partial charge in [0, 0.05) is 30.1 Å². The number of carbonyl (C=O) groups is 1. The molecule has 2 N–H and O–H groups in total. The molecule has 0 radical (unpaired) electrons. The van der Waals surface area contributed by atoms with Crippen LogP contribution in [0, 0.1) is 6.92 Å². The van der Waals surface area contributed by atoms with Crippen LogP contribution in [0.4, 0.5) is 22.1 Å². The largest absolute Gasteiger partial charge is 0.377 e. The van der Waals surface area contributed by atoms with E-state index in [1.807, 2.05) is 13.0 Å². The van der Waals surface area contributed by atoms with Crippen molar-refractivity contribution < 1.29 is 17.9 Å². The van der Waals surface area contributed by atoms with Gasteiger partial charge in [-0.2, -0.15) is 0 Å². The molecule has 2 aromatic heterocycles. The van der Waals surface area contributed by atoms with Gasteiger partial charge in [0.05, 0.1) is 43.0 Å². The number of aryl methyl sites for hydroxylation is 1. The number of nitrogens with zero attached hydrogens (tertiary/aromatic N) is 5. The zero-order valence-electron chi connectivity index (χ0n) is 20.9. The third-order valence-corrected chi connectivity index (χ3v) is 8.72. The van der Waals surface area contributed by atoms with Crippen LogP contribution in [0.2, 0.25) is 0 Å². The van der Waals surface area contributed by atoms with Crippen molar-refractivity contribution >= 4 is 33.2 Å². The number of anilines is 3. The smallest absolute Gasteiger partial charge is 0.324 e. The van der Waals surface area contributed by atoms with Crippen LogP contribution in [-0.2, 0) is 19.3 Å². The third-order valence-electron chi connectivity index (χ3n) is 6.68. The second kappa shape index (κ2) is 9.67. The summed E-state index contributed by atoms with van der Waals surface area (Å²) in [5.74, 6) is 1.47. The summed E-state index contributed by atoms with van der Waals surface area (Å²) in [4.78, 5) is 32.2. The molecule has 3 heterocycles. The Bertz CT molecular complexity index is 1410. The minimum atomic E-state index is -3.35. The molecule has 1 aliphatic carbocycles. The molecule has 2 aliphatic rings. The number of benzene rings is 1. The average Bonchev–Trinajstić information content (AvgIpc) is 3.69. The highest BCUT2D eigenvalue weighted by Crippen LogP contribution is 2.52. The van der Waals surface area contributed by atoms with E-state index < -0.39 is 20.6 Å². The first-order valence-electron chi connectivity index (χ1n) is 12.1. The van der Waals surface area contributed by atoms with E-state index in [1.165, 1.54) is 12.5 Å². The summed E-state index contributed by atoms with van der Waals surface area (Å²) in [6, 6.07) is 8.55. The lowest BCUT2D eigenvalue weighted by molar-refractivity contribution is 0.0985. The maximum absolute atomic E-state index is 12.7. The molecule has 1 saturated heterocycles.